The normalized spacial score (nSPS) is 10.0. The third-order valence-corrected chi connectivity index (χ3v) is 1.81. The summed E-state index contributed by atoms with van der Waals surface area (Å²) in [7, 11) is 0. The fraction of sp³-hybridized carbons (Fsp3) is 0.111. The number of carbonyl (C=O) groups excluding carboxylic acids is 1. The van der Waals surface area contributed by atoms with Crippen LogP contribution in [0, 0.1) is 0 Å². The predicted molar refractivity (Wildman–Crippen MR) is 48.7 cm³/mol. The van der Waals surface area contributed by atoms with E-state index in [1.165, 1.54) is 6.20 Å². The molecule has 5 nitrogen and oxygen atoms in total. The Balaban J connectivity index is 2.10. The smallest absolute Gasteiger partial charge is 0.189 e. The molecule has 2 heterocycles. The molecule has 0 saturated carbocycles. The summed E-state index contributed by atoms with van der Waals surface area (Å²) in [6.07, 6.45) is 5.06. The second-order valence-corrected chi connectivity index (χ2v) is 2.81. The van der Waals surface area contributed by atoms with Gasteiger partial charge in [0.2, 0.25) is 0 Å². The molecule has 0 aliphatic heterocycles. The van der Waals surface area contributed by atoms with Crippen molar-refractivity contribution in [1.82, 2.24) is 20.4 Å². The number of Topliss-reactive ketones (excluding diaryl/α,β-unsaturated/α-hetero) is 1. The summed E-state index contributed by atoms with van der Waals surface area (Å²) in [6, 6.07) is 3.61. The lowest BCUT2D eigenvalue weighted by atomic mass is 10.1. The van der Waals surface area contributed by atoms with Crippen LogP contribution in [0.3, 0.4) is 0 Å². The van der Waals surface area contributed by atoms with Crippen LogP contribution in [0.4, 0.5) is 0 Å². The van der Waals surface area contributed by atoms with Gasteiger partial charge >= 0.3 is 0 Å². The maximum absolute atomic E-state index is 11.5. The molecule has 0 radical (unpaired) electrons. The van der Waals surface area contributed by atoms with Gasteiger partial charge in [-0.15, -0.1) is 0 Å². The van der Waals surface area contributed by atoms with Gasteiger partial charge in [-0.25, -0.2) is 0 Å². The summed E-state index contributed by atoms with van der Waals surface area (Å²) in [5.74, 6) is -0.0510. The maximum Gasteiger partial charge on any atom is 0.189 e. The first-order chi connectivity index (χ1) is 6.86. The molecule has 0 aliphatic rings. The number of H-pyrrole nitrogens is 1. The largest absolute Gasteiger partial charge is 0.292 e. The highest BCUT2D eigenvalue weighted by atomic mass is 16.1. The van der Waals surface area contributed by atoms with Crippen molar-refractivity contribution < 1.29 is 4.79 Å². The molecular weight excluding hydrogens is 180 g/mol. The van der Waals surface area contributed by atoms with Crippen LogP contribution in [0.5, 0.6) is 0 Å². The van der Waals surface area contributed by atoms with Crippen molar-refractivity contribution >= 4 is 5.78 Å². The lowest BCUT2D eigenvalue weighted by Gasteiger charge is -1.96. The van der Waals surface area contributed by atoms with Crippen LogP contribution in [-0.2, 0) is 6.42 Å². The molecule has 1 N–H and O–H groups in total. The molecule has 0 spiro atoms. The lowest BCUT2D eigenvalue weighted by molar-refractivity contribution is 0.0988. The summed E-state index contributed by atoms with van der Waals surface area (Å²) >= 11 is 0. The number of ketones is 1. The van der Waals surface area contributed by atoms with E-state index in [1.807, 2.05) is 0 Å². The van der Waals surface area contributed by atoms with E-state index >= 15 is 0 Å². The molecule has 2 aromatic rings. The van der Waals surface area contributed by atoms with Crippen molar-refractivity contribution in [1.29, 1.82) is 0 Å². The van der Waals surface area contributed by atoms with Gasteiger partial charge in [0, 0.05) is 18.8 Å². The minimum Gasteiger partial charge on any atom is -0.292 e. The van der Waals surface area contributed by atoms with Gasteiger partial charge in [-0.1, -0.05) is 0 Å². The molecule has 0 saturated heterocycles. The van der Waals surface area contributed by atoms with Crippen molar-refractivity contribution in [3.63, 3.8) is 0 Å². The average molecular weight is 188 g/mol. The Morgan fingerprint density at radius 2 is 2.14 bits per heavy atom. The monoisotopic (exact) mass is 188 g/mol. The first kappa shape index (κ1) is 8.55. The predicted octanol–water partition coefficient (Wildman–Crippen LogP) is 0.625. The van der Waals surface area contributed by atoms with Gasteiger partial charge in [0.1, 0.15) is 5.69 Å². The van der Waals surface area contributed by atoms with E-state index in [2.05, 4.69) is 20.4 Å². The number of hydrogen-bond acceptors (Lipinski definition) is 4. The molecule has 70 valence electrons. The second kappa shape index (κ2) is 3.78. The van der Waals surface area contributed by atoms with Gasteiger partial charge in [0.15, 0.2) is 5.78 Å². The van der Waals surface area contributed by atoms with Crippen molar-refractivity contribution in [3.8, 4) is 0 Å². The van der Waals surface area contributed by atoms with E-state index < -0.39 is 0 Å². The number of carbonyl (C=O) groups is 1. The third kappa shape index (κ3) is 1.82. The molecule has 0 atom stereocenters. The minimum absolute atomic E-state index is 0.0510. The van der Waals surface area contributed by atoms with E-state index in [9.17, 15) is 4.79 Å². The Morgan fingerprint density at radius 1 is 1.36 bits per heavy atom. The third-order valence-electron chi connectivity index (χ3n) is 1.81. The molecule has 14 heavy (non-hydrogen) atoms. The Labute approximate surface area is 80.2 Å². The van der Waals surface area contributed by atoms with E-state index in [0.29, 0.717) is 12.1 Å². The number of hydrogen-bond donors (Lipinski definition) is 1. The second-order valence-electron chi connectivity index (χ2n) is 2.81. The van der Waals surface area contributed by atoms with Crippen LogP contribution >= 0.6 is 0 Å². The zero-order valence-corrected chi connectivity index (χ0v) is 7.34. The highest BCUT2D eigenvalue weighted by Crippen LogP contribution is 2.02. The first-order valence-electron chi connectivity index (χ1n) is 4.14. The van der Waals surface area contributed by atoms with Gasteiger partial charge < -0.3 is 0 Å². The number of aromatic nitrogens is 4. The fourth-order valence-corrected chi connectivity index (χ4v) is 1.11. The number of nitrogens with zero attached hydrogens (tertiary/aromatic N) is 3. The Morgan fingerprint density at radius 3 is 2.79 bits per heavy atom. The molecule has 0 aliphatic carbocycles. The molecule has 0 fully saturated rings. The van der Waals surface area contributed by atoms with Gasteiger partial charge in [0.25, 0.3) is 0 Å². The van der Waals surface area contributed by atoms with Gasteiger partial charge in [-0.3, -0.25) is 9.78 Å². The lowest BCUT2D eigenvalue weighted by Crippen LogP contribution is -2.03. The van der Waals surface area contributed by atoms with Gasteiger partial charge in [-0.2, -0.15) is 15.4 Å². The molecule has 5 heteroatoms. The zero-order valence-electron chi connectivity index (χ0n) is 7.34. The van der Waals surface area contributed by atoms with Gasteiger partial charge in [0.05, 0.1) is 6.20 Å². The van der Waals surface area contributed by atoms with Crippen LogP contribution in [0.1, 0.15) is 16.1 Å². The number of aromatic amines is 1. The SMILES string of the molecule is O=C(Cc1ccncc1)c1cn[nH]n1. The molecule has 2 rings (SSSR count). The quantitative estimate of drug-likeness (QED) is 0.717. The number of nitrogens with one attached hydrogen (secondary N) is 1. The topological polar surface area (TPSA) is 71.5 Å². The van der Waals surface area contributed by atoms with Crippen LogP contribution in [-0.4, -0.2) is 26.2 Å². The molecule has 0 amide bonds. The Hall–Kier alpha value is -2.04. The molecular formula is C9H8N4O. The van der Waals surface area contributed by atoms with E-state index in [1.54, 1.807) is 24.5 Å². The van der Waals surface area contributed by atoms with Crippen molar-refractivity contribution in [2.24, 2.45) is 0 Å². The summed E-state index contributed by atoms with van der Waals surface area (Å²) in [4.78, 5) is 15.4. The summed E-state index contributed by atoms with van der Waals surface area (Å²) < 4.78 is 0. The molecule has 0 bridgehead atoms. The maximum atomic E-state index is 11.5. The fourth-order valence-electron chi connectivity index (χ4n) is 1.11. The van der Waals surface area contributed by atoms with Crippen LogP contribution in [0.15, 0.2) is 30.7 Å². The Kier molecular flexibility index (Phi) is 2.31. The van der Waals surface area contributed by atoms with Crippen LogP contribution < -0.4 is 0 Å². The molecule has 2 aromatic heterocycles. The summed E-state index contributed by atoms with van der Waals surface area (Å²) in [5.41, 5.74) is 1.29. The highest BCUT2D eigenvalue weighted by Gasteiger charge is 2.08. The zero-order chi connectivity index (χ0) is 9.80. The van der Waals surface area contributed by atoms with Crippen molar-refractivity contribution in [2.75, 3.05) is 0 Å². The summed E-state index contributed by atoms with van der Waals surface area (Å²) in [5, 5.41) is 9.69. The number of pyridine rings is 1. The molecule has 0 unspecified atom stereocenters. The Bertz CT molecular complexity index is 410. The van der Waals surface area contributed by atoms with Crippen molar-refractivity contribution in [3.05, 3.63) is 42.0 Å². The van der Waals surface area contributed by atoms with E-state index in [4.69, 9.17) is 0 Å². The average Bonchev–Trinajstić information content (AvgIpc) is 2.72. The van der Waals surface area contributed by atoms with Gasteiger partial charge in [-0.05, 0) is 17.7 Å². The molecule has 0 aromatic carbocycles. The van der Waals surface area contributed by atoms with Crippen molar-refractivity contribution in [2.45, 2.75) is 6.42 Å². The van der Waals surface area contributed by atoms with Crippen LogP contribution in [0.25, 0.3) is 0 Å². The van der Waals surface area contributed by atoms with E-state index in [-0.39, 0.29) is 5.78 Å². The number of rotatable bonds is 3. The van der Waals surface area contributed by atoms with E-state index in [0.717, 1.165) is 5.56 Å². The first-order valence-corrected chi connectivity index (χ1v) is 4.14. The standard InChI is InChI=1S/C9H8N4O/c14-9(8-6-11-13-12-8)5-7-1-3-10-4-2-7/h1-4,6H,5H2,(H,11,12,13). The minimum atomic E-state index is -0.0510. The highest BCUT2D eigenvalue weighted by molar-refractivity contribution is 5.95. The summed E-state index contributed by atoms with van der Waals surface area (Å²) in [6.45, 7) is 0. The van der Waals surface area contributed by atoms with Crippen LogP contribution in [0.2, 0.25) is 0 Å².